The summed E-state index contributed by atoms with van der Waals surface area (Å²) < 4.78 is 66.7. The number of carbonyl (C=O) groups is 3. The Morgan fingerprint density at radius 1 is 1.21 bits per heavy atom. The first-order valence-electron chi connectivity index (χ1n) is 10.3. The number of nitrogens with zero attached hydrogens (tertiary/aromatic N) is 1. The van der Waals surface area contributed by atoms with E-state index in [9.17, 15) is 36.0 Å². The topological polar surface area (TPSA) is 167 Å². The number of aliphatic carboxylic acids is 1. The van der Waals surface area contributed by atoms with Crippen LogP contribution in [0.1, 0.15) is 37.7 Å². The first-order chi connectivity index (χ1) is 15.7. The van der Waals surface area contributed by atoms with Crippen molar-refractivity contribution >= 4 is 27.9 Å². The fraction of sp³-hybridized carbons (Fsp3) is 0.550. The number of aryl methyl sites for hydroxylation is 1. The SMILES string of the molecule is Cc1ccc(S(=O)(=O)O)cc1.NCCCC[C@H](NC(=O)C(F)(F)F)C(=O)N1CCC[C@H]1C(=O)O. The molecule has 0 bridgehead atoms. The van der Waals surface area contributed by atoms with Crippen molar-refractivity contribution in [3.63, 3.8) is 0 Å². The average Bonchev–Trinajstić information content (AvgIpc) is 3.22. The lowest BCUT2D eigenvalue weighted by molar-refractivity contribution is -0.175. The summed E-state index contributed by atoms with van der Waals surface area (Å²) in [7, 11) is -4.02. The van der Waals surface area contributed by atoms with E-state index >= 15 is 0 Å². The summed E-state index contributed by atoms with van der Waals surface area (Å²) in [5.41, 5.74) is 6.26. The molecule has 5 N–H and O–H groups in total. The van der Waals surface area contributed by atoms with Crippen LogP contribution in [0.4, 0.5) is 13.2 Å². The van der Waals surface area contributed by atoms with Crippen LogP contribution in [-0.2, 0) is 24.5 Å². The zero-order valence-corrected chi connectivity index (χ0v) is 19.2. The van der Waals surface area contributed by atoms with Crippen LogP contribution in [0.3, 0.4) is 0 Å². The monoisotopic (exact) mass is 511 g/mol. The van der Waals surface area contributed by atoms with Crippen molar-refractivity contribution < 1.29 is 45.6 Å². The Bertz CT molecular complexity index is 953. The third-order valence-corrected chi connectivity index (χ3v) is 5.82. The van der Waals surface area contributed by atoms with Crippen molar-refractivity contribution in [1.29, 1.82) is 0 Å². The van der Waals surface area contributed by atoms with Gasteiger partial charge in [0.05, 0.1) is 4.90 Å². The number of amides is 2. The summed E-state index contributed by atoms with van der Waals surface area (Å²) in [6.07, 6.45) is -3.62. The number of nitrogens with one attached hydrogen (secondary N) is 1. The lowest BCUT2D eigenvalue weighted by Crippen LogP contribution is -2.54. The largest absolute Gasteiger partial charge is 0.480 e. The first-order valence-corrected chi connectivity index (χ1v) is 11.8. The number of likely N-dealkylation sites (tertiary alicyclic amines) is 1. The Labute approximate surface area is 195 Å². The number of unbranched alkanes of at least 4 members (excludes halogenated alkanes) is 1. The Hall–Kier alpha value is -2.71. The van der Waals surface area contributed by atoms with E-state index in [1.165, 1.54) is 12.1 Å². The Morgan fingerprint density at radius 3 is 2.26 bits per heavy atom. The van der Waals surface area contributed by atoms with Gasteiger partial charge in [-0.05, 0) is 57.7 Å². The minimum Gasteiger partial charge on any atom is -0.480 e. The van der Waals surface area contributed by atoms with Crippen molar-refractivity contribution in [2.45, 2.75) is 62.2 Å². The van der Waals surface area contributed by atoms with E-state index in [4.69, 9.17) is 15.4 Å². The third kappa shape index (κ3) is 9.27. The molecule has 1 aliphatic rings. The highest BCUT2D eigenvalue weighted by Gasteiger charge is 2.43. The zero-order valence-electron chi connectivity index (χ0n) is 18.4. The highest BCUT2D eigenvalue weighted by molar-refractivity contribution is 7.85. The fourth-order valence-electron chi connectivity index (χ4n) is 3.19. The van der Waals surface area contributed by atoms with Crippen molar-refractivity contribution in [2.75, 3.05) is 13.1 Å². The molecule has 2 rings (SSSR count). The zero-order chi connectivity index (χ0) is 26.1. The number of rotatable bonds is 8. The van der Waals surface area contributed by atoms with Crippen molar-refractivity contribution in [2.24, 2.45) is 5.73 Å². The summed E-state index contributed by atoms with van der Waals surface area (Å²) in [5.74, 6) is -4.22. The number of hydrogen-bond acceptors (Lipinski definition) is 6. The molecule has 0 saturated carbocycles. The van der Waals surface area contributed by atoms with Gasteiger partial charge in [0, 0.05) is 6.54 Å². The van der Waals surface area contributed by atoms with E-state index < -0.39 is 46.2 Å². The van der Waals surface area contributed by atoms with Crippen LogP contribution in [0.15, 0.2) is 29.2 Å². The van der Waals surface area contributed by atoms with Gasteiger partial charge in [0.1, 0.15) is 12.1 Å². The maximum Gasteiger partial charge on any atom is 0.471 e. The van der Waals surface area contributed by atoms with Crippen molar-refractivity contribution in [3.05, 3.63) is 29.8 Å². The molecule has 10 nitrogen and oxygen atoms in total. The van der Waals surface area contributed by atoms with E-state index in [-0.39, 0.29) is 24.3 Å². The fourth-order valence-corrected chi connectivity index (χ4v) is 3.67. The molecular formula is C20H28F3N3O7S. The smallest absolute Gasteiger partial charge is 0.471 e. The summed E-state index contributed by atoms with van der Waals surface area (Å²) in [5, 5.41) is 10.7. The predicted octanol–water partition coefficient (Wildman–Crippen LogP) is 1.48. The molecule has 2 atom stereocenters. The lowest BCUT2D eigenvalue weighted by Gasteiger charge is -2.27. The maximum absolute atomic E-state index is 12.4. The normalized spacial score (nSPS) is 16.9. The van der Waals surface area contributed by atoms with E-state index in [1.54, 1.807) is 17.4 Å². The molecule has 0 spiro atoms. The van der Waals surface area contributed by atoms with Gasteiger partial charge in [0.2, 0.25) is 5.91 Å². The Balaban J connectivity index is 0.000000437. The molecule has 0 unspecified atom stereocenters. The summed E-state index contributed by atoms with van der Waals surface area (Å²) >= 11 is 0. The second-order valence-corrected chi connectivity index (χ2v) is 9.05. The van der Waals surface area contributed by atoms with Crippen LogP contribution >= 0.6 is 0 Å². The third-order valence-electron chi connectivity index (χ3n) is 4.95. The maximum atomic E-state index is 12.4. The summed E-state index contributed by atoms with van der Waals surface area (Å²) in [6.45, 7) is 2.29. The van der Waals surface area contributed by atoms with Gasteiger partial charge in [-0.25, -0.2) is 4.79 Å². The van der Waals surface area contributed by atoms with Crippen LogP contribution in [0, 0.1) is 6.92 Å². The molecule has 0 radical (unpaired) electrons. The molecule has 1 aromatic carbocycles. The van der Waals surface area contributed by atoms with E-state index in [1.807, 2.05) is 6.92 Å². The highest BCUT2D eigenvalue weighted by Crippen LogP contribution is 2.21. The number of carboxylic acids is 1. The number of halogens is 3. The van der Waals surface area contributed by atoms with Crippen molar-refractivity contribution in [3.8, 4) is 0 Å². The van der Waals surface area contributed by atoms with E-state index in [2.05, 4.69) is 0 Å². The minimum absolute atomic E-state index is 0.0271. The second kappa shape index (κ2) is 12.7. The molecule has 0 aromatic heterocycles. The number of nitrogens with two attached hydrogens (primary N) is 1. The summed E-state index contributed by atoms with van der Waals surface area (Å²) in [4.78, 5) is 35.5. The van der Waals surface area contributed by atoms with E-state index in [0.29, 0.717) is 25.8 Å². The number of hydrogen-bond donors (Lipinski definition) is 4. The van der Waals surface area contributed by atoms with E-state index in [0.717, 1.165) is 10.5 Å². The molecule has 1 heterocycles. The molecule has 1 saturated heterocycles. The predicted molar refractivity (Wildman–Crippen MR) is 114 cm³/mol. The minimum atomic E-state index is -5.11. The van der Waals surface area contributed by atoms with Crippen LogP contribution in [0.2, 0.25) is 0 Å². The van der Waals surface area contributed by atoms with Gasteiger partial charge in [-0.1, -0.05) is 17.7 Å². The standard InChI is InChI=1S/C13H20F3N3O4.C7H8O3S/c14-13(15,16)12(23)18-8(4-1-2-6-17)10(20)19-7-3-5-9(19)11(21)22;1-6-2-4-7(5-3-6)11(8,9)10/h8-9H,1-7,17H2,(H,18,23)(H,21,22);2-5H,1H3,(H,8,9,10)/t8-,9-;/m0./s1. The highest BCUT2D eigenvalue weighted by atomic mass is 32.2. The van der Waals surface area contributed by atoms with Gasteiger partial charge >= 0.3 is 18.1 Å². The first kappa shape index (κ1) is 29.3. The molecule has 2 amide bonds. The second-order valence-electron chi connectivity index (χ2n) is 7.62. The Kier molecular flexibility index (Phi) is 10.9. The van der Waals surface area contributed by atoms with Gasteiger partial charge < -0.3 is 21.1 Å². The molecule has 1 aromatic rings. The molecule has 192 valence electrons. The molecule has 14 heteroatoms. The molecular weight excluding hydrogens is 483 g/mol. The molecule has 1 aliphatic heterocycles. The van der Waals surface area contributed by atoms with Crippen LogP contribution in [0.25, 0.3) is 0 Å². The number of alkyl halides is 3. The van der Waals surface area contributed by atoms with Gasteiger partial charge in [-0.2, -0.15) is 21.6 Å². The van der Waals surface area contributed by atoms with Crippen LogP contribution in [0.5, 0.6) is 0 Å². The molecule has 34 heavy (non-hydrogen) atoms. The quantitative estimate of drug-likeness (QED) is 0.301. The molecule has 1 fully saturated rings. The average molecular weight is 512 g/mol. The lowest BCUT2D eigenvalue weighted by atomic mass is 10.1. The van der Waals surface area contributed by atoms with Gasteiger partial charge in [-0.15, -0.1) is 0 Å². The van der Waals surface area contributed by atoms with Crippen molar-refractivity contribution in [1.82, 2.24) is 10.2 Å². The van der Waals surface area contributed by atoms with Crippen LogP contribution < -0.4 is 11.1 Å². The van der Waals surface area contributed by atoms with Gasteiger partial charge in [0.25, 0.3) is 10.1 Å². The number of carbonyl (C=O) groups excluding carboxylic acids is 2. The molecule has 0 aliphatic carbocycles. The number of carboxylic acid groups (broad SMARTS) is 1. The van der Waals surface area contributed by atoms with Gasteiger partial charge in [0.15, 0.2) is 0 Å². The Morgan fingerprint density at radius 2 is 1.79 bits per heavy atom. The number of benzene rings is 1. The summed E-state index contributed by atoms with van der Waals surface area (Å²) in [6, 6.07) is 3.51. The van der Waals surface area contributed by atoms with Gasteiger partial charge in [-0.3, -0.25) is 14.1 Å². The van der Waals surface area contributed by atoms with Crippen LogP contribution in [-0.4, -0.2) is 72.1 Å².